The van der Waals surface area contributed by atoms with Gasteiger partial charge in [0, 0.05) is 13.2 Å². The van der Waals surface area contributed by atoms with Gasteiger partial charge in [-0.15, -0.1) is 0 Å². The minimum absolute atomic E-state index is 0.778. The zero-order chi connectivity index (χ0) is 5.28. The predicted molar refractivity (Wildman–Crippen MR) is 28.8 cm³/mol. The van der Waals surface area contributed by atoms with E-state index in [-0.39, 0.29) is 0 Å². The lowest BCUT2D eigenvalue weighted by Crippen LogP contribution is -1.89. The highest BCUT2D eigenvalue weighted by Gasteiger charge is 1.75. The van der Waals surface area contributed by atoms with Crippen molar-refractivity contribution in [1.29, 1.82) is 0 Å². The molecule has 38 valence electrons. The number of rotatable bonds is 0. The van der Waals surface area contributed by atoms with E-state index in [0.29, 0.717) is 0 Å². The summed E-state index contributed by atoms with van der Waals surface area (Å²) in [5.74, 6) is 0. The Morgan fingerprint density at radius 1 is 1.86 bits per heavy atom. The van der Waals surface area contributed by atoms with Gasteiger partial charge in [-0.1, -0.05) is 5.03 Å². The lowest BCUT2D eigenvalue weighted by atomic mass is 10.7. The van der Waals surface area contributed by atoms with Crippen LogP contribution in [0.15, 0.2) is 17.3 Å². The molecular formula is C4H5N2S-. The molecule has 0 spiro atoms. The van der Waals surface area contributed by atoms with E-state index in [1.807, 2.05) is 7.05 Å². The SMILES string of the molecule is Cn1nccc1[S-]. The fourth-order valence-electron chi connectivity index (χ4n) is 0.362. The van der Waals surface area contributed by atoms with E-state index in [2.05, 4.69) is 5.10 Å². The summed E-state index contributed by atoms with van der Waals surface area (Å²) in [6.45, 7) is 0. The van der Waals surface area contributed by atoms with Gasteiger partial charge in [-0.3, -0.25) is 4.68 Å². The van der Waals surface area contributed by atoms with Gasteiger partial charge in [-0.2, -0.15) is 5.10 Å². The molecule has 0 bridgehead atoms. The Hall–Kier alpha value is -0.570. The van der Waals surface area contributed by atoms with Gasteiger partial charge in [-0.25, -0.2) is 0 Å². The predicted octanol–water partition coefficient (Wildman–Crippen LogP) is 0.326. The summed E-state index contributed by atoms with van der Waals surface area (Å²) in [5, 5.41) is 4.61. The van der Waals surface area contributed by atoms with E-state index in [4.69, 9.17) is 12.6 Å². The van der Waals surface area contributed by atoms with Crippen LogP contribution in [0, 0.1) is 0 Å². The minimum Gasteiger partial charge on any atom is -0.761 e. The lowest BCUT2D eigenvalue weighted by Gasteiger charge is -2.01. The summed E-state index contributed by atoms with van der Waals surface area (Å²) in [6.07, 6.45) is 1.68. The quantitative estimate of drug-likeness (QED) is 0.451. The first-order valence-corrected chi connectivity index (χ1v) is 2.36. The van der Waals surface area contributed by atoms with E-state index in [9.17, 15) is 0 Å². The Bertz CT molecular complexity index is 142. The average Bonchev–Trinajstić information content (AvgIpc) is 1.91. The van der Waals surface area contributed by atoms with Crippen LogP contribution in [0.5, 0.6) is 0 Å². The second-order valence-corrected chi connectivity index (χ2v) is 1.71. The van der Waals surface area contributed by atoms with E-state index in [1.54, 1.807) is 16.9 Å². The van der Waals surface area contributed by atoms with Crippen molar-refractivity contribution in [3.63, 3.8) is 0 Å². The molecule has 0 unspecified atom stereocenters. The molecule has 0 fully saturated rings. The van der Waals surface area contributed by atoms with Crippen LogP contribution in [0.1, 0.15) is 0 Å². The van der Waals surface area contributed by atoms with Crippen molar-refractivity contribution in [1.82, 2.24) is 9.78 Å². The lowest BCUT2D eigenvalue weighted by molar-refractivity contribution is 0.700. The normalized spacial score (nSPS) is 9.29. The topological polar surface area (TPSA) is 17.8 Å². The Kier molecular flexibility index (Phi) is 0.982. The third kappa shape index (κ3) is 0.718. The van der Waals surface area contributed by atoms with E-state index >= 15 is 0 Å². The molecule has 0 saturated carbocycles. The van der Waals surface area contributed by atoms with Gasteiger partial charge in [0.15, 0.2) is 0 Å². The molecular weight excluding hydrogens is 108 g/mol. The van der Waals surface area contributed by atoms with Crippen molar-refractivity contribution in [2.45, 2.75) is 5.03 Å². The average molecular weight is 113 g/mol. The van der Waals surface area contributed by atoms with Crippen molar-refractivity contribution in [3.8, 4) is 0 Å². The largest absolute Gasteiger partial charge is 0.761 e. The molecule has 0 aliphatic rings. The fraction of sp³-hybridized carbons (Fsp3) is 0.250. The van der Waals surface area contributed by atoms with Crippen molar-refractivity contribution < 1.29 is 0 Å². The maximum Gasteiger partial charge on any atom is 0.0473 e. The van der Waals surface area contributed by atoms with Crippen LogP contribution in [0.3, 0.4) is 0 Å². The van der Waals surface area contributed by atoms with Crippen LogP contribution in [0.4, 0.5) is 0 Å². The molecule has 0 atom stereocenters. The monoisotopic (exact) mass is 113 g/mol. The molecule has 0 amide bonds. The number of aromatic nitrogens is 2. The number of hydrogen-bond donors (Lipinski definition) is 0. The molecule has 7 heavy (non-hydrogen) atoms. The molecule has 3 heteroatoms. The van der Waals surface area contributed by atoms with Gasteiger partial charge in [0.1, 0.15) is 0 Å². The third-order valence-corrected chi connectivity index (χ3v) is 1.18. The van der Waals surface area contributed by atoms with Gasteiger partial charge in [-0.05, 0) is 6.07 Å². The van der Waals surface area contributed by atoms with E-state index in [0.717, 1.165) is 5.03 Å². The number of nitrogens with zero attached hydrogens (tertiary/aromatic N) is 2. The molecule has 1 aromatic heterocycles. The zero-order valence-corrected chi connectivity index (χ0v) is 4.77. The molecule has 0 aliphatic heterocycles. The molecule has 1 heterocycles. The molecule has 0 N–H and O–H groups in total. The molecule has 0 aromatic carbocycles. The first-order chi connectivity index (χ1) is 3.30. The van der Waals surface area contributed by atoms with Gasteiger partial charge < -0.3 is 12.6 Å². The smallest absolute Gasteiger partial charge is 0.0473 e. The highest BCUT2D eigenvalue weighted by atomic mass is 32.1. The Balaban J connectivity index is 3.12. The van der Waals surface area contributed by atoms with E-state index < -0.39 is 0 Å². The maximum atomic E-state index is 4.79. The molecule has 0 saturated heterocycles. The summed E-state index contributed by atoms with van der Waals surface area (Å²) < 4.78 is 1.65. The Morgan fingerprint density at radius 3 is 2.71 bits per heavy atom. The van der Waals surface area contributed by atoms with Crippen LogP contribution < -0.4 is 0 Å². The Labute approximate surface area is 47.6 Å². The van der Waals surface area contributed by atoms with Crippen molar-refractivity contribution in [2.24, 2.45) is 7.05 Å². The second kappa shape index (κ2) is 1.50. The summed E-state index contributed by atoms with van der Waals surface area (Å²) >= 11 is 4.79. The molecule has 2 nitrogen and oxygen atoms in total. The van der Waals surface area contributed by atoms with Crippen LogP contribution in [0.2, 0.25) is 0 Å². The third-order valence-electron chi connectivity index (χ3n) is 0.776. The molecule has 1 rings (SSSR count). The Morgan fingerprint density at radius 2 is 2.57 bits per heavy atom. The first-order valence-electron chi connectivity index (χ1n) is 1.96. The zero-order valence-electron chi connectivity index (χ0n) is 3.96. The maximum absolute atomic E-state index is 4.79. The van der Waals surface area contributed by atoms with Gasteiger partial charge in [0.25, 0.3) is 0 Å². The van der Waals surface area contributed by atoms with Crippen molar-refractivity contribution in [2.75, 3.05) is 0 Å². The molecule has 1 aromatic rings. The van der Waals surface area contributed by atoms with Crippen LogP contribution in [-0.2, 0) is 19.7 Å². The van der Waals surface area contributed by atoms with Gasteiger partial charge >= 0.3 is 0 Å². The van der Waals surface area contributed by atoms with Gasteiger partial charge in [0.2, 0.25) is 0 Å². The van der Waals surface area contributed by atoms with Crippen LogP contribution in [0.25, 0.3) is 0 Å². The van der Waals surface area contributed by atoms with Crippen molar-refractivity contribution in [3.05, 3.63) is 12.3 Å². The molecule has 0 radical (unpaired) electrons. The van der Waals surface area contributed by atoms with Gasteiger partial charge in [0.05, 0.1) is 0 Å². The summed E-state index contributed by atoms with van der Waals surface area (Å²) in [7, 11) is 1.82. The van der Waals surface area contributed by atoms with Crippen LogP contribution in [-0.4, -0.2) is 9.78 Å². The minimum atomic E-state index is 0.778. The fourth-order valence-corrected chi connectivity index (χ4v) is 0.470. The number of hydrogen-bond acceptors (Lipinski definition) is 2. The van der Waals surface area contributed by atoms with Crippen molar-refractivity contribution >= 4 is 12.6 Å². The second-order valence-electron chi connectivity index (χ2n) is 1.29. The highest BCUT2D eigenvalue weighted by Crippen LogP contribution is 1.89. The summed E-state index contributed by atoms with van der Waals surface area (Å²) in [6, 6.07) is 1.79. The number of aryl methyl sites for hydroxylation is 1. The standard InChI is InChI=1S/C4H6N2S/c1-6-4(7)2-3-5-6/h2-3,7H,1H3/p-1. The first kappa shape index (κ1) is 4.59. The molecule has 0 aliphatic carbocycles. The summed E-state index contributed by atoms with van der Waals surface area (Å²) in [5.41, 5.74) is 0. The summed E-state index contributed by atoms with van der Waals surface area (Å²) in [4.78, 5) is 0. The highest BCUT2D eigenvalue weighted by molar-refractivity contribution is 7.58. The van der Waals surface area contributed by atoms with Crippen LogP contribution >= 0.6 is 0 Å². The van der Waals surface area contributed by atoms with E-state index in [1.165, 1.54) is 0 Å².